The third-order valence-electron chi connectivity index (χ3n) is 6.06. The molecule has 3 unspecified atom stereocenters. The number of likely N-dealkylation sites (tertiary alicyclic amines) is 1. The first-order chi connectivity index (χ1) is 11.2. The Balaban J connectivity index is 1.37. The van der Waals surface area contributed by atoms with E-state index in [1.54, 1.807) is 0 Å². The van der Waals surface area contributed by atoms with Crippen LogP contribution in [-0.4, -0.2) is 23.9 Å². The second-order valence-electron chi connectivity index (χ2n) is 7.44. The summed E-state index contributed by atoms with van der Waals surface area (Å²) in [5.41, 5.74) is 8.35. The van der Waals surface area contributed by atoms with Crippen LogP contribution in [0.5, 0.6) is 0 Å². The van der Waals surface area contributed by atoms with Crippen molar-refractivity contribution >= 4 is 5.91 Å². The molecule has 1 aliphatic heterocycles. The van der Waals surface area contributed by atoms with Gasteiger partial charge in [0, 0.05) is 25.6 Å². The van der Waals surface area contributed by atoms with Crippen LogP contribution in [0.1, 0.15) is 42.7 Å². The predicted molar refractivity (Wildman–Crippen MR) is 91.7 cm³/mol. The Morgan fingerprint density at radius 1 is 1.17 bits per heavy atom. The lowest BCUT2D eigenvalue weighted by atomic mass is 9.87. The maximum atomic E-state index is 12.8. The molecule has 0 aromatic heterocycles. The van der Waals surface area contributed by atoms with Gasteiger partial charge >= 0.3 is 0 Å². The van der Waals surface area contributed by atoms with E-state index >= 15 is 0 Å². The molecule has 23 heavy (non-hydrogen) atoms. The molecule has 1 aromatic carbocycles. The summed E-state index contributed by atoms with van der Waals surface area (Å²) in [6.45, 7) is 2.42. The molecule has 4 rings (SSSR count). The standard InChI is InChI=1S/C20H26N2O/c21-13-15-2-1-3-17(11-15)16-6-8-22(9-7-16)20(23)19-12-14-4-5-18(19)10-14/h1-5,11,14,16,18-19H,6-10,12-13,21H2. The Hall–Kier alpha value is -1.61. The molecule has 0 radical (unpaired) electrons. The van der Waals surface area contributed by atoms with Crippen LogP contribution in [-0.2, 0) is 11.3 Å². The largest absolute Gasteiger partial charge is 0.342 e. The minimum atomic E-state index is 0.266. The predicted octanol–water partition coefficient (Wildman–Crippen LogP) is 3.06. The molecule has 3 aliphatic rings. The summed E-state index contributed by atoms with van der Waals surface area (Å²) in [4.78, 5) is 14.9. The van der Waals surface area contributed by atoms with E-state index in [1.165, 1.54) is 17.5 Å². The van der Waals surface area contributed by atoms with Crippen LogP contribution in [0.2, 0.25) is 0 Å². The Labute approximate surface area is 138 Å². The monoisotopic (exact) mass is 310 g/mol. The SMILES string of the molecule is NCc1cccc(C2CCN(C(=O)C3CC4C=CC3C4)CC2)c1. The topological polar surface area (TPSA) is 46.3 Å². The molecule has 3 heteroatoms. The summed E-state index contributed by atoms with van der Waals surface area (Å²) in [6.07, 6.45) is 9.04. The minimum Gasteiger partial charge on any atom is -0.342 e. The average Bonchev–Trinajstić information content (AvgIpc) is 3.24. The quantitative estimate of drug-likeness (QED) is 0.872. The van der Waals surface area contributed by atoms with E-state index in [0.717, 1.165) is 32.4 Å². The Morgan fingerprint density at radius 2 is 2.00 bits per heavy atom. The molecule has 2 bridgehead atoms. The molecule has 122 valence electrons. The molecule has 3 nitrogen and oxygen atoms in total. The van der Waals surface area contributed by atoms with Crippen molar-refractivity contribution in [1.29, 1.82) is 0 Å². The van der Waals surface area contributed by atoms with Crippen molar-refractivity contribution in [3.8, 4) is 0 Å². The lowest BCUT2D eigenvalue weighted by Crippen LogP contribution is -2.42. The van der Waals surface area contributed by atoms with Gasteiger partial charge in [-0.25, -0.2) is 0 Å². The molecule has 2 N–H and O–H groups in total. The van der Waals surface area contributed by atoms with Crippen LogP contribution >= 0.6 is 0 Å². The number of carbonyl (C=O) groups excluding carboxylic acids is 1. The minimum absolute atomic E-state index is 0.266. The molecule has 1 heterocycles. The van der Waals surface area contributed by atoms with Gasteiger partial charge in [-0.1, -0.05) is 36.4 Å². The number of piperidine rings is 1. The summed E-state index contributed by atoms with van der Waals surface area (Å²) in [5.74, 6) is 2.44. The number of nitrogens with two attached hydrogens (primary N) is 1. The zero-order valence-electron chi connectivity index (χ0n) is 13.7. The van der Waals surface area contributed by atoms with Gasteiger partial charge in [-0.15, -0.1) is 0 Å². The van der Waals surface area contributed by atoms with Crippen LogP contribution in [0.3, 0.4) is 0 Å². The van der Waals surface area contributed by atoms with Gasteiger partial charge in [-0.05, 0) is 54.6 Å². The van der Waals surface area contributed by atoms with Crippen molar-refractivity contribution in [2.75, 3.05) is 13.1 Å². The number of benzene rings is 1. The van der Waals surface area contributed by atoms with Crippen molar-refractivity contribution in [2.45, 2.75) is 38.1 Å². The molecule has 1 amide bonds. The first-order valence-corrected chi connectivity index (χ1v) is 9.00. The van der Waals surface area contributed by atoms with Crippen LogP contribution in [0.4, 0.5) is 0 Å². The number of nitrogens with zero attached hydrogens (tertiary/aromatic N) is 1. The van der Waals surface area contributed by atoms with Crippen LogP contribution in [0.15, 0.2) is 36.4 Å². The Kier molecular flexibility index (Phi) is 3.98. The van der Waals surface area contributed by atoms with Crippen molar-refractivity contribution < 1.29 is 4.79 Å². The van der Waals surface area contributed by atoms with Gasteiger partial charge in [0.25, 0.3) is 0 Å². The van der Waals surface area contributed by atoms with Crippen molar-refractivity contribution in [3.05, 3.63) is 47.5 Å². The van der Waals surface area contributed by atoms with E-state index in [1.807, 2.05) is 0 Å². The maximum Gasteiger partial charge on any atom is 0.226 e. The van der Waals surface area contributed by atoms with Gasteiger partial charge in [-0.3, -0.25) is 4.79 Å². The third kappa shape index (κ3) is 2.83. The highest BCUT2D eigenvalue weighted by molar-refractivity contribution is 5.80. The fourth-order valence-corrected chi connectivity index (χ4v) is 4.71. The fraction of sp³-hybridized carbons (Fsp3) is 0.550. The highest BCUT2D eigenvalue weighted by atomic mass is 16.2. The second kappa shape index (κ2) is 6.12. The molecular weight excluding hydrogens is 284 g/mol. The number of hydrogen-bond acceptors (Lipinski definition) is 2. The van der Waals surface area contributed by atoms with Gasteiger partial charge in [0.15, 0.2) is 0 Å². The molecule has 2 aliphatic carbocycles. The molecule has 1 saturated carbocycles. The summed E-state index contributed by atoms with van der Waals surface area (Å²) < 4.78 is 0. The van der Waals surface area contributed by atoms with Gasteiger partial charge in [0.1, 0.15) is 0 Å². The van der Waals surface area contributed by atoms with Crippen molar-refractivity contribution in [1.82, 2.24) is 4.90 Å². The first kappa shape index (κ1) is 14.9. The lowest BCUT2D eigenvalue weighted by Gasteiger charge is -2.35. The van der Waals surface area contributed by atoms with E-state index in [0.29, 0.717) is 30.2 Å². The molecule has 1 saturated heterocycles. The third-order valence-corrected chi connectivity index (χ3v) is 6.06. The van der Waals surface area contributed by atoms with E-state index in [9.17, 15) is 4.79 Å². The van der Waals surface area contributed by atoms with Gasteiger partial charge in [0.2, 0.25) is 5.91 Å². The molecule has 0 spiro atoms. The lowest BCUT2D eigenvalue weighted by molar-refractivity contribution is -0.137. The number of hydrogen-bond donors (Lipinski definition) is 1. The van der Waals surface area contributed by atoms with Gasteiger partial charge < -0.3 is 10.6 Å². The molecular formula is C20H26N2O. The summed E-state index contributed by atoms with van der Waals surface area (Å²) >= 11 is 0. The number of fused-ring (bicyclic) bond motifs is 2. The summed E-state index contributed by atoms with van der Waals surface area (Å²) in [5, 5.41) is 0. The molecule has 2 fully saturated rings. The Morgan fingerprint density at radius 3 is 2.65 bits per heavy atom. The second-order valence-corrected chi connectivity index (χ2v) is 7.44. The highest BCUT2D eigenvalue weighted by Gasteiger charge is 2.41. The number of allylic oxidation sites excluding steroid dienone is 2. The zero-order valence-corrected chi connectivity index (χ0v) is 13.7. The van der Waals surface area contributed by atoms with Gasteiger partial charge in [-0.2, -0.15) is 0 Å². The smallest absolute Gasteiger partial charge is 0.226 e. The van der Waals surface area contributed by atoms with E-state index < -0.39 is 0 Å². The molecule has 1 aromatic rings. The number of carbonyl (C=O) groups is 1. The average molecular weight is 310 g/mol. The Bertz CT molecular complexity index is 616. The number of amides is 1. The summed E-state index contributed by atoms with van der Waals surface area (Å²) in [7, 11) is 0. The maximum absolute atomic E-state index is 12.8. The van der Waals surface area contributed by atoms with E-state index in [4.69, 9.17) is 5.73 Å². The van der Waals surface area contributed by atoms with Crippen LogP contribution in [0.25, 0.3) is 0 Å². The highest BCUT2D eigenvalue weighted by Crippen LogP contribution is 2.44. The van der Waals surface area contributed by atoms with Crippen LogP contribution in [0, 0.1) is 17.8 Å². The van der Waals surface area contributed by atoms with E-state index in [2.05, 4.69) is 41.3 Å². The van der Waals surface area contributed by atoms with E-state index in [-0.39, 0.29) is 5.92 Å². The molecule has 3 atom stereocenters. The number of rotatable bonds is 3. The van der Waals surface area contributed by atoms with Crippen molar-refractivity contribution in [2.24, 2.45) is 23.5 Å². The first-order valence-electron chi connectivity index (χ1n) is 9.00. The van der Waals surface area contributed by atoms with Gasteiger partial charge in [0.05, 0.1) is 0 Å². The zero-order chi connectivity index (χ0) is 15.8. The van der Waals surface area contributed by atoms with Crippen molar-refractivity contribution in [3.63, 3.8) is 0 Å². The normalized spacial score (nSPS) is 30.1. The van der Waals surface area contributed by atoms with Crippen LogP contribution < -0.4 is 5.73 Å². The summed E-state index contributed by atoms with van der Waals surface area (Å²) in [6, 6.07) is 8.65. The fourth-order valence-electron chi connectivity index (χ4n) is 4.71.